The van der Waals surface area contributed by atoms with E-state index in [4.69, 9.17) is 13.7 Å². The molecule has 0 unspecified atom stereocenters. The summed E-state index contributed by atoms with van der Waals surface area (Å²) < 4.78 is 18.0. The summed E-state index contributed by atoms with van der Waals surface area (Å²) in [5, 5.41) is 5.97. The van der Waals surface area contributed by atoms with Crippen molar-refractivity contribution in [1.29, 1.82) is 0 Å². The third-order valence-electron chi connectivity index (χ3n) is 4.36. The Hall–Kier alpha value is -3.06. The highest BCUT2D eigenvalue weighted by Gasteiger charge is 2.18. The Morgan fingerprint density at radius 1 is 1.22 bits per heavy atom. The molecule has 0 fully saturated rings. The fourth-order valence-corrected chi connectivity index (χ4v) is 3.63. The van der Waals surface area contributed by atoms with Gasteiger partial charge in [-0.15, -0.1) is 11.3 Å². The smallest absolute Gasteiger partial charge is 0.340 e. The van der Waals surface area contributed by atoms with Crippen LogP contribution in [0.25, 0.3) is 11.5 Å². The third kappa shape index (κ3) is 3.59. The van der Waals surface area contributed by atoms with Gasteiger partial charge in [-0.2, -0.15) is 0 Å². The summed E-state index contributed by atoms with van der Waals surface area (Å²) in [5.74, 6) is 0.709. The average Bonchev–Trinajstić information content (AvgIpc) is 3.43. The number of hydrogen-bond donors (Lipinski definition) is 0. The lowest BCUT2D eigenvalue weighted by atomic mass is 10.2. The van der Waals surface area contributed by atoms with E-state index in [2.05, 4.69) is 15.8 Å². The van der Waals surface area contributed by atoms with Gasteiger partial charge in [-0.1, -0.05) is 11.2 Å². The van der Waals surface area contributed by atoms with E-state index < -0.39 is 0 Å². The minimum atomic E-state index is -0.372. The van der Waals surface area contributed by atoms with Crippen LogP contribution in [0.15, 0.2) is 57.0 Å². The van der Waals surface area contributed by atoms with E-state index in [0.29, 0.717) is 22.8 Å². The maximum Gasteiger partial charge on any atom is 0.340 e. The number of rotatable bonds is 6. The van der Waals surface area contributed by atoms with Crippen LogP contribution >= 0.6 is 11.3 Å². The van der Waals surface area contributed by atoms with E-state index in [1.54, 1.807) is 35.8 Å². The van der Waals surface area contributed by atoms with Crippen LogP contribution in [0, 0.1) is 13.8 Å². The molecule has 0 aliphatic rings. The molecule has 0 N–H and O–H groups in total. The van der Waals surface area contributed by atoms with Crippen molar-refractivity contribution < 1.29 is 18.5 Å². The van der Waals surface area contributed by atoms with Crippen LogP contribution in [0.2, 0.25) is 0 Å². The number of carbonyl (C=O) groups is 1. The second-order valence-electron chi connectivity index (χ2n) is 6.19. The van der Waals surface area contributed by atoms with Crippen LogP contribution < -0.4 is 0 Å². The fraction of sp³-hybridized carbons (Fsp3) is 0.200. The van der Waals surface area contributed by atoms with Gasteiger partial charge in [0.25, 0.3) is 0 Å². The quantitative estimate of drug-likeness (QED) is 0.447. The molecule has 4 aromatic heterocycles. The molecule has 0 amide bonds. The lowest BCUT2D eigenvalue weighted by Gasteiger charge is -2.08. The molecule has 27 heavy (non-hydrogen) atoms. The van der Waals surface area contributed by atoms with Gasteiger partial charge < -0.3 is 18.2 Å². The second kappa shape index (κ2) is 7.28. The summed E-state index contributed by atoms with van der Waals surface area (Å²) in [6.07, 6.45) is 1.56. The van der Waals surface area contributed by atoms with Gasteiger partial charge in [-0.3, -0.25) is 0 Å². The number of aromatic nitrogens is 2. The van der Waals surface area contributed by atoms with Crippen LogP contribution in [0.1, 0.15) is 32.3 Å². The Bertz CT molecular complexity index is 1040. The van der Waals surface area contributed by atoms with E-state index in [-0.39, 0.29) is 12.6 Å². The molecule has 0 saturated carbocycles. The van der Waals surface area contributed by atoms with Gasteiger partial charge in [0.05, 0.1) is 18.4 Å². The van der Waals surface area contributed by atoms with Crippen LogP contribution in [-0.2, 0) is 17.9 Å². The van der Waals surface area contributed by atoms with E-state index >= 15 is 0 Å². The molecule has 0 aliphatic heterocycles. The topological polar surface area (TPSA) is 70.4 Å². The normalized spacial score (nSPS) is 11.0. The van der Waals surface area contributed by atoms with Crippen molar-refractivity contribution in [2.24, 2.45) is 0 Å². The minimum Gasteiger partial charge on any atom is -0.461 e. The standard InChI is InChI=1S/C20H18N2O4S/c1-13-9-17(14(2)22(13)11-16-5-4-8-27-16)20(23)25-12-15-10-19(26-21-15)18-6-3-7-24-18/h3-10H,11-12H2,1-2H3. The number of furan rings is 1. The maximum absolute atomic E-state index is 12.5. The van der Waals surface area contributed by atoms with E-state index in [0.717, 1.165) is 17.9 Å². The summed E-state index contributed by atoms with van der Waals surface area (Å²) >= 11 is 1.70. The second-order valence-corrected chi connectivity index (χ2v) is 7.22. The molecule has 6 nitrogen and oxygen atoms in total. The number of nitrogens with zero attached hydrogens (tertiary/aromatic N) is 2. The number of thiophene rings is 1. The number of esters is 1. The zero-order valence-electron chi connectivity index (χ0n) is 15.0. The highest BCUT2D eigenvalue weighted by atomic mass is 32.1. The first-order valence-corrected chi connectivity index (χ1v) is 9.35. The molecule has 0 radical (unpaired) electrons. The molecule has 4 aromatic rings. The summed E-state index contributed by atoms with van der Waals surface area (Å²) in [6.45, 7) is 4.71. The fourth-order valence-electron chi connectivity index (χ4n) is 2.94. The lowest BCUT2D eigenvalue weighted by molar-refractivity contribution is 0.0463. The van der Waals surface area contributed by atoms with Crippen molar-refractivity contribution in [2.75, 3.05) is 0 Å². The Kier molecular flexibility index (Phi) is 4.68. The van der Waals surface area contributed by atoms with Gasteiger partial charge in [0.2, 0.25) is 5.76 Å². The summed E-state index contributed by atoms with van der Waals surface area (Å²) in [6, 6.07) is 11.2. The monoisotopic (exact) mass is 382 g/mol. The van der Waals surface area contributed by atoms with Crippen molar-refractivity contribution in [1.82, 2.24) is 9.72 Å². The Balaban J connectivity index is 1.44. The summed E-state index contributed by atoms with van der Waals surface area (Å²) in [5.41, 5.74) is 3.01. The van der Waals surface area contributed by atoms with Crippen LogP contribution in [0.5, 0.6) is 0 Å². The molecule has 138 valence electrons. The minimum absolute atomic E-state index is 0.0393. The third-order valence-corrected chi connectivity index (χ3v) is 5.22. The van der Waals surface area contributed by atoms with Gasteiger partial charge >= 0.3 is 5.97 Å². The molecule has 0 spiro atoms. The SMILES string of the molecule is Cc1cc(C(=O)OCc2cc(-c3ccco3)on2)c(C)n1Cc1cccs1. The average molecular weight is 382 g/mol. The maximum atomic E-state index is 12.5. The molecule has 0 atom stereocenters. The van der Waals surface area contributed by atoms with Gasteiger partial charge in [-0.25, -0.2) is 4.79 Å². The number of aryl methyl sites for hydroxylation is 1. The molecule has 4 heterocycles. The van der Waals surface area contributed by atoms with Gasteiger partial charge in [0.1, 0.15) is 12.3 Å². The molecule has 0 saturated heterocycles. The molecule has 7 heteroatoms. The number of hydrogen-bond acceptors (Lipinski definition) is 6. The molecule has 0 aliphatic carbocycles. The largest absolute Gasteiger partial charge is 0.461 e. The predicted molar refractivity (Wildman–Crippen MR) is 101 cm³/mol. The van der Waals surface area contributed by atoms with Gasteiger partial charge in [-0.05, 0) is 43.5 Å². The van der Waals surface area contributed by atoms with Crippen molar-refractivity contribution in [3.8, 4) is 11.5 Å². The molecule has 0 aromatic carbocycles. The summed E-state index contributed by atoms with van der Waals surface area (Å²) in [4.78, 5) is 13.8. The lowest BCUT2D eigenvalue weighted by Crippen LogP contribution is -2.08. The number of carbonyl (C=O) groups excluding carboxylic acids is 1. The van der Waals surface area contributed by atoms with E-state index in [1.807, 2.05) is 31.4 Å². The zero-order chi connectivity index (χ0) is 18.8. The van der Waals surface area contributed by atoms with E-state index in [1.165, 1.54) is 4.88 Å². The Morgan fingerprint density at radius 3 is 2.85 bits per heavy atom. The molecular formula is C20H18N2O4S. The van der Waals surface area contributed by atoms with Crippen LogP contribution in [0.3, 0.4) is 0 Å². The highest BCUT2D eigenvalue weighted by Crippen LogP contribution is 2.22. The first-order chi connectivity index (χ1) is 13.1. The van der Waals surface area contributed by atoms with E-state index in [9.17, 15) is 4.79 Å². The van der Waals surface area contributed by atoms with Crippen molar-refractivity contribution >= 4 is 17.3 Å². The van der Waals surface area contributed by atoms with Gasteiger partial charge in [0, 0.05) is 22.3 Å². The summed E-state index contributed by atoms with van der Waals surface area (Å²) in [7, 11) is 0. The Labute approximate surface area is 160 Å². The molecule has 0 bridgehead atoms. The molecular weight excluding hydrogens is 364 g/mol. The predicted octanol–water partition coefficient (Wildman–Crippen LogP) is 4.82. The first-order valence-electron chi connectivity index (χ1n) is 8.47. The van der Waals surface area contributed by atoms with Crippen molar-refractivity contribution in [3.63, 3.8) is 0 Å². The van der Waals surface area contributed by atoms with Crippen LogP contribution in [0.4, 0.5) is 0 Å². The molecule has 4 rings (SSSR count). The van der Waals surface area contributed by atoms with Crippen molar-refractivity contribution in [2.45, 2.75) is 27.0 Å². The van der Waals surface area contributed by atoms with Gasteiger partial charge in [0.15, 0.2) is 5.76 Å². The zero-order valence-corrected chi connectivity index (χ0v) is 15.8. The highest BCUT2D eigenvalue weighted by molar-refractivity contribution is 7.09. The van der Waals surface area contributed by atoms with Crippen LogP contribution in [-0.4, -0.2) is 15.7 Å². The van der Waals surface area contributed by atoms with Crippen molar-refractivity contribution in [3.05, 3.63) is 75.6 Å². The number of ether oxygens (including phenoxy) is 1. The Morgan fingerprint density at radius 2 is 2.11 bits per heavy atom. The first kappa shape index (κ1) is 17.4.